The summed E-state index contributed by atoms with van der Waals surface area (Å²) in [5.41, 5.74) is 0. The second-order valence-electron chi connectivity index (χ2n) is 4.48. The van der Waals surface area contributed by atoms with Crippen molar-refractivity contribution in [3.8, 4) is 0 Å². The molecule has 0 aromatic rings. The van der Waals surface area contributed by atoms with Crippen molar-refractivity contribution in [3.63, 3.8) is 0 Å². The number of hydrogen-bond acceptors (Lipinski definition) is 2. The molecular weight excluding hydrogens is 188 g/mol. The molecule has 2 atom stereocenters. The topological polar surface area (TPSA) is 18.5 Å². The minimum atomic E-state index is -0.514. The first-order chi connectivity index (χ1) is 7.55. The van der Waals surface area contributed by atoms with E-state index in [1.807, 2.05) is 19.9 Å². The van der Waals surface area contributed by atoms with Crippen LogP contribution in [0.25, 0.3) is 0 Å². The molecule has 2 nitrogen and oxygen atoms in total. The molecule has 0 unspecified atom stereocenters. The quantitative estimate of drug-likeness (QED) is 0.495. The smallest absolute Gasteiger partial charge is 0.163 e. The van der Waals surface area contributed by atoms with Gasteiger partial charge in [-0.1, -0.05) is 31.9 Å². The Bertz CT molecular complexity index is 226. The van der Waals surface area contributed by atoms with Gasteiger partial charge >= 0.3 is 0 Å². The van der Waals surface area contributed by atoms with E-state index in [0.717, 1.165) is 6.42 Å². The fourth-order valence-corrected chi connectivity index (χ4v) is 1.62. The highest BCUT2D eigenvalue weighted by Gasteiger charge is 2.31. The number of unbranched alkanes of at least 4 members (excludes halogenated alkanes) is 3. The van der Waals surface area contributed by atoms with Gasteiger partial charge in [0.15, 0.2) is 5.79 Å². The van der Waals surface area contributed by atoms with Crippen molar-refractivity contribution in [3.05, 3.63) is 12.2 Å². The maximum atomic E-state index is 7.93. The molecule has 0 aromatic heterocycles. The van der Waals surface area contributed by atoms with E-state index in [2.05, 4.69) is 13.0 Å². The Labute approximate surface area is 95.1 Å². The van der Waals surface area contributed by atoms with Crippen molar-refractivity contribution >= 4 is 0 Å². The van der Waals surface area contributed by atoms with Gasteiger partial charge in [-0.3, -0.25) is 0 Å². The van der Waals surface area contributed by atoms with Gasteiger partial charge in [0.25, 0.3) is 0 Å². The van der Waals surface area contributed by atoms with Gasteiger partial charge in [-0.05, 0) is 33.1 Å². The molecule has 0 bridgehead atoms. The molecule has 0 aromatic carbocycles. The molecule has 2 heteroatoms. The zero-order valence-electron chi connectivity index (χ0n) is 11.2. The maximum absolute atomic E-state index is 7.93. The van der Waals surface area contributed by atoms with Crippen LogP contribution in [0.3, 0.4) is 0 Å². The first kappa shape index (κ1) is 11.2. The molecule has 0 aliphatic carbocycles. The third kappa shape index (κ3) is 5.33. The summed E-state index contributed by atoms with van der Waals surface area (Å²) < 4.78 is 19.0. The van der Waals surface area contributed by atoms with Gasteiger partial charge in [0, 0.05) is 1.37 Å². The lowest BCUT2D eigenvalue weighted by Crippen LogP contribution is -2.21. The highest BCUT2D eigenvalue weighted by molar-refractivity contribution is 4.86. The molecule has 0 amide bonds. The summed E-state index contributed by atoms with van der Waals surface area (Å²) in [6.07, 6.45) is 8.41. The summed E-state index contributed by atoms with van der Waals surface area (Å²) in [6.45, 7) is 6.51. The van der Waals surface area contributed by atoms with Crippen LogP contribution in [0.1, 0.15) is 54.2 Å². The second kappa shape index (κ2) is 6.29. The van der Waals surface area contributed by atoms with Crippen molar-refractivity contribution < 1.29 is 10.8 Å². The van der Waals surface area contributed by atoms with Gasteiger partial charge in [-0.2, -0.15) is 0 Å². The molecule has 0 saturated carbocycles. The van der Waals surface area contributed by atoms with E-state index in [1.165, 1.54) is 19.3 Å². The molecule has 1 heterocycles. The van der Waals surface area contributed by atoms with Crippen LogP contribution >= 0.6 is 0 Å². The minimum absolute atomic E-state index is 0.113. The molecule has 0 spiro atoms. The SMILES string of the molecule is [2H][C@H](/C=C\CCCCC)[C@@H]1COC(C)(C)O1. The molecule has 1 aliphatic rings. The van der Waals surface area contributed by atoms with Crippen LogP contribution in [0.15, 0.2) is 12.2 Å². The van der Waals surface area contributed by atoms with Gasteiger partial charge in [0.1, 0.15) is 0 Å². The third-order valence-corrected chi connectivity index (χ3v) is 2.47. The maximum Gasteiger partial charge on any atom is 0.163 e. The van der Waals surface area contributed by atoms with Gasteiger partial charge < -0.3 is 9.47 Å². The van der Waals surface area contributed by atoms with Gasteiger partial charge in [-0.25, -0.2) is 0 Å². The Morgan fingerprint density at radius 3 is 2.80 bits per heavy atom. The molecule has 0 radical (unpaired) electrons. The summed E-state index contributed by atoms with van der Waals surface area (Å²) in [4.78, 5) is 0. The summed E-state index contributed by atoms with van der Waals surface area (Å²) in [5.74, 6) is -0.514. The highest BCUT2D eigenvalue weighted by atomic mass is 16.7. The Balaban J connectivity index is 2.22. The Hall–Kier alpha value is -0.340. The van der Waals surface area contributed by atoms with E-state index in [9.17, 15) is 0 Å². The van der Waals surface area contributed by atoms with Crippen LogP contribution < -0.4 is 0 Å². The van der Waals surface area contributed by atoms with E-state index in [1.54, 1.807) is 0 Å². The van der Waals surface area contributed by atoms with Crippen LogP contribution in [0.2, 0.25) is 0 Å². The Morgan fingerprint density at radius 1 is 1.40 bits per heavy atom. The molecule has 0 N–H and O–H groups in total. The fraction of sp³-hybridized carbons (Fsp3) is 0.846. The van der Waals surface area contributed by atoms with Crippen LogP contribution in [-0.4, -0.2) is 18.5 Å². The summed E-state index contributed by atoms with van der Waals surface area (Å²) >= 11 is 0. The molecule has 1 rings (SSSR count). The van der Waals surface area contributed by atoms with Crippen molar-refractivity contribution in [2.24, 2.45) is 0 Å². The lowest BCUT2D eigenvalue weighted by molar-refractivity contribution is -0.137. The third-order valence-electron chi connectivity index (χ3n) is 2.47. The van der Waals surface area contributed by atoms with Crippen LogP contribution in [0.4, 0.5) is 0 Å². The van der Waals surface area contributed by atoms with Gasteiger partial charge in [-0.15, -0.1) is 0 Å². The van der Waals surface area contributed by atoms with Crippen molar-refractivity contribution in [2.75, 3.05) is 6.61 Å². The van der Waals surface area contributed by atoms with Crippen LogP contribution in [0.5, 0.6) is 0 Å². The van der Waals surface area contributed by atoms with Crippen molar-refractivity contribution in [1.29, 1.82) is 0 Å². The van der Waals surface area contributed by atoms with Gasteiger partial charge in [0.2, 0.25) is 0 Å². The summed E-state index contributed by atoms with van der Waals surface area (Å²) in [7, 11) is 0. The first-order valence-electron chi connectivity index (χ1n) is 6.53. The average Bonchev–Trinajstić information content (AvgIpc) is 2.58. The number of allylic oxidation sites excluding steroid dienone is 1. The minimum Gasteiger partial charge on any atom is -0.348 e. The lowest BCUT2D eigenvalue weighted by Gasteiger charge is -2.16. The Morgan fingerprint density at radius 2 is 2.20 bits per heavy atom. The summed E-state index contributed by atoms with van der Waals surface area (Å²) in [6, 6.07) is 0. The second-order valence-corrected chi connectivity index (χ2v) is 4.48. The van der Waals surface area contributed by atoms with Crippen LogP contribution in [-0.2, 0) is 9.47 Å². The van der Waals surface area contributed by atoms with Crippen LogP contribution in [0, 0.1) is 0 Å². The highest BCUT2D eigenvalue weighted by Crippen LogP contribution is 2.24. The predicted molar refractivity (Wildman–Crippen MR) is 62.8 cm³/mol. The summed E-state index contributed by atoms with van der Waals surface area (Å²) in [5, 5.41) is 0. The van der Waals surface area contributed by atoms with Gasteiger partial charge in [0.05, 0.1) is 12.7 Å². The molecule has 15 heavy (non-hydrogen) atoms. The molecule has 1 fully saturated rings. The van der Waals surface area contributed by atoms with E-state index in [-0.39, 0.29) is 12.5 Å². The van der Waals surface area contributed by atoms with E-state index < -0.39 is 5.79 Å². The van der Waals surface area contributed by atoms with Crippen molar-refractivity contribution in [2.45, 2.75) is 64.7 Å². The molecule has 1 saturated heterocycles. The number of ether oxygens (including phenoxy) is 2. The molecule has 1 aliphatic heterocycles. The largest absolute Gasteiger partial charge is 0.348 e. The molecule has 88 valence electrons. The normalized spacial score (nSPS) is 28.2. The number of rotatable bonds is 6. The monoisotopic (exact) mass is 213 g/mol. The van der Waals surface area contributed by atoms with E-state index in [4.69, 9.17) is 10.8 Å². The fourth-order valence-electron chi connectivity index (χ4n) is 1.62. The zero-order valence-corrected chi connectivity index (χ0v) is 10.2. The number of hydrogen-bond donors (Lipinski definition) is 0. The lowest BCUT2D eigenvalue weighted by atomic mass is 10.2. The van der Waals surface area contributed by atoms with E-state index >= 15 is 0 Å². The van der Waals surface area contributed by atoms with E-state index in [0.29, 0.717) is 6.61 Å². The Kier molecular flexibility index (Phi) is 4.68. The predicted octanol–water partition coefficient (Wildman–Crippen LogP) is 3.66. The standard InChI is InChI=1S/C13H24O2/c1-4-5-6-7-8-9-10-12-11-14-13(2,3)15-12/h8-9,12H,4-7,10-11H2,1-3H3/b9-8-/t12-/m1/s1/i10D/t10-,12-. The first-order valence-corrected chi connectivity index (χ1v) is 5.96. The zero-order chi connectivity index (χ0) is 12.0. The van der Waals surface area contributed by atoms with Crippen molar-refractivity contribution in [1.82, 2.24) is 0 Å². The average molecular weight is 213 g/mol. The molecular formula is C13H24O2.